The SMILES string of the molecule is CCCCCCCCCCCCCCCCCCCCCCCCCOC(=O)OCCCCCC. The Hall–Kier alpha value is -0.730. The number of hydrogen-bond acceptors (Lipinski definition) is 3. The first kappa shape index (κ1) is 34.3. The lowest BCUT2D eigenvalue weighted by Crippen LogP contribution is -2.09. The molecule has 3 heteroatoms. The molecule has 0 atom stereocenters. The second-order valence-electron chi connectivity index (χ2n) is 10.8. The van der Waals surface area contributed by atoms with Crippen molar-refractivity contribution in [2.75, 3.05) is 13.2 Å². The molecule has 210 valence electrons. The van der Waals surface area contributed by atoms with Crippen LogP contribution in [0, 0.1) is 0 Å². The molecule has 0 amide bonds. The number of rotatable bonds is 29. The van der Waals surface area contributed by atoms with E-state index in [1.165, 1.54) is 148 Å². The van der Waals surface area contributed by atoms with Crippen LogP contribution in [0.4, 0.5) is 4.79 Å². The van der Waals surface area contributed by atoms with Gasteiger partial charge in [0.1, 0.15) is 0 Å². The molecule has 35 heavy (non-hydrogen) atoms. The van der Waals surface area contributed by atoms with Crippen LogP contribution in [0.3, 0.4) is 0 Å². The lowest BCUT2D eigenvalue weighted by Gasteiger charge is -2.06. The summed E-state index contributed by atoms with van der Waals surface area (Å²) in [7, 11) is 0. The van der Waals surface area contributed by atoms with Crippen molar-refractivity contribution in [1.29, 1.82) is 0 Å². The molecule has 0 aromatic carbocycles. The van der Waals surface area contributed by atoms with Crippen molar-refractivity contribution in [3.63, 3.8) is 0 Å². The van der Waals surface area contributed by atoms with Gasteiger partial charge >= 0.3 is 6.16 Å². The average molecular weight is 497 g/mol. The van der Waals surface area contributed by atoms with E-state index in [0.29, 0.717) is 13.2 Å². The normalized spacial score (nSPS) is 11.1. The first-order valence-electron chi connectivity index (χ1n) is 16.1. The van der Waals surface area contributed by atoms with Gasteiger partial charge in [-0.05, 0) is 12.8 Å². The second kappa shape index (κ2) is 31.3. The van der Waals surface area contributed by atoms with Gasteiger partial charge in [-0.1, -0.05) is 174 Å². The zero-order valence-corrected chi connectivity index (χ0v) is 24.2. The zero-order chi connectivity index (χ0) is 25.5. The summed E-state index contributed by atoms with van der Waals surface area (Å²) in [6, 6.07) is 0. The summed E-state index contributed by atoms with van der Waals surface area (Å²) in [4.78, 5) is 11.5. The van der Waals surface area contributed by atoms with Crippen LogP contribution in [0.5, 0.6) is 0 Å². The quantitative estimate of drug-likeness (QED) is 0.0762. The summed E-state index contributed by atoms with van der Waals surface area (Å²) in [6.45, 7) is 5.48. The van der Waals surface area contributed by atoms with Crippen molar-refractivity contribution in [2.45, 2.75) is 187 Å². The fourth-order valence-corrected chi connectivity index (χ4v) is 4.77. The molecule has 0 radical (unpaired) electrons. The topological polar surface area (TPSA) is 35.5 Å². The minimum Gasteiger partial charge on any atom is -0.434 e. The Morgan fingerprint density at radius 2 is 0.543 bits per heavy atom. The minimum absolute atomic E-state index is 0.486. The van der Waals surface area contributed by atoms with E-state index in [1.807, 2.05) is 0 Å². The summed E-state index contributed by atoms with van der Waals surface area (Å²) in [5, 5.41) is 0. The molecule has 0 N–H and O–H groups in total. The standard InChI is InChI=1S/C32H64O3/c1-3-5-7-9-10-11-12-13-14-15-16-17-18-19-20-21-22-23-24-25-26-27-29-31-35-32(33)34-30-28-8-6-4-2/h3-31H2,1-2H3. The van der Waals surface area contributed by atoms with Gasteiger partial charge in [0, 0.05) is 0 Å². The Kier molecular flexibility index (Phi) is 30.6. The maximum absolute atomic E-state index is 11.5. The van der Waals surface area contributed by atoms with Crippen molar-refractivity contribution in [3.05, 3.63) is 0 Å². The fraction of sp³-hybridized carbons (Fsp3) is 0.969. The molecule has 0 bridgehead atoms. The Morgan fingerprint density at radius 1 is 0.343 bits per heavy atom. The van der Waals surface area contributed by atoms with Crippen molar-refractivity contribution >= 4 is 6.16 Å². The van der Waals surface area contributed by atoms with Gasteiger partial charge in [0.25, 0.3) is 0 Å². The molecule has 0 spiro atoms. The molecule has 0 saturated heterocycles. The lowest BCUT2D eigenvalue weighted by molar-refractivity contribution is 0.0529. The van der Waals surface area contributed by atoms with Crippen molar-refractivity contribution in [3.8, 4) is 0 Å². The summed E-state index contributed by atoms with van der Waals surface area (Å²) in [5.41, 5.74) is 0. The van der Waals surface area contributed by atoms with Crippen LogP contribution in [0.25, 0.3) is 0 Å². The van der Waals surface area contributed by atoms with Gasteiger partial charge in [-0.15, -0.1) is 0 Å². The first-order chi connectivity index (χ1) is 17.3. The van der Waals surface area contributed by atoms with E-state index in [9.17, 15) is 4.79 Å². The van der Waals surface area contributed by atoms with Crippen LogP contribution >= 0.6 is 0 Å². The van der Waals surface area contributed by atoms with E-state index in [2.05, 4.69) is 13.8 Å². The van der Waals surface area contributed by atoms with E-state index < -0.39 is 6.16 Å². The van der Waals surface area contributed by atoms with E-state index in [1.54, 1.807) is 0 Å². The Labute approximate surface area is 220 Å². The molecule has 0 aliphatic rings. The van der Waals surface area contributed by atoms with E-state index in [4.69, 9.17) is 9.47 Å². The van der Waals surface area contributed by atoms with Gasteiger partial charge in [-0.2, -0.15) is 0 Å². The molecule has 0 aliphatic heterocycles. The number of unbranched alkanes of at least 4 members (excludes halogenated alkanes) is 25. The van der Waals surface area contributed by atoms with Crippen LogP contribution in [-0.2, 0) is 9.47 Å². The number of ether oxygens (including phenoxy) is 2. The summed E-state index contributed by atoms with van der Waals surface area (Å²) >= 11 is 0. The molecule has 0 heterocycles. The molecule has 0 rings (SSSR count). The molecule has 0 aromatic heterocycles. The van der Waals surface area contributed by atoms with Gasteiger partial charge in [-0.3, -0.25) is 0 Å². The predicted molar refractivity (Wildman–Crippen MR) is 153 cm³/mol. The van der Waals surface area contributed by atoms with Gasteiger partial charge in [0.15, 0.2) is 0 Å². The maximum atomic E-state index is 11.5. The van der Waals surface area contributed by atoms with Crippen LogP contribution in [-0.4, -0.2) is 19.4 Å². The third-order valence-electron chi connectivity index (χ3n) is 7.19. The highest BCUT2D eigenvalue weighted by Crippen LogP contribution is 2.15. The van der Waals surface area contributed by atoms with Gasteiger partial charge < -0.3 is 9.47 Å². The highest BCUT2D eigenvalue weighted by molar-refractivity contribution is 5.59. The number of hydrogen-bond donors (Lipinski definition) is 0. The predicted octanol–water partition coefficient (Wildman–Crippen LogP) is 11.7. The highest BCUT2D eigenvalue weighted by Gasteiger charge is 2.03. The Bertz CT molecular complexity index is 396. The Morgan fingerprint density at radius 3 is 0.800 bits per heavy atom. The van der Waals surface area contributed by atoms with Crippen LogP contribution in [0.2, 0.25) is 0 Å². The van der Waals surface area contributed by atoms with Gasteiger partial charge in [0.2, 0.25) is 0 Å². The van der Waals surface area contributed by atoms with Crippen molar-refractivity contribution < 1.29 is 14.3 Å². The molecular weight excluding hydrogens is 432 g/mol. The summed E-state index contributed by atoms with van der Waals surface area (Å²) in [5.74, 6) is 0. The smallest absolute Gasteiger partial charge is 0.434 e. The number of carbonyl (C=O) groups is 1. The third kappa shape index (κ3) is 31.2. The molecule has 0 saturated carbocycles. The molecule has 0 aliphatic carbocycles. The van der Waals surface area contributed by atoms with E-state index in [-0.39, 0.29) is 0 Å². The van der Waals surface area contributed by atoms with Gasteiger partial charge in [0.05, 0.1) is 13.2 Å². The van der Waals surface area contributed by atoms with Crippen molar-refractivity contribution in [1.82, 2.24) is 0 Å². The highest BCUT2D eigenvalue weighted by atomic mass is 16.7. The van der Waals surface area contributed by atoms with E-state index in [0.717, 1.165) is 25.7 Å². The van der Waals surface area contributed by atoms with Crippen LogP contribution in [0.15, 0.2) is 0 Å². The average Bonchev–Trinajstić information content (AvgIpc) is 2.86. The summed E-state index contributed by atoms with van der Waals surface area (Å²) < 4.78 is 10.2. The molecule has 0 aromatic rings. The molecule has 3 nitrogen and oxygen atoms in total. The fourth-order valence-electron chi connectivity index (χ4n) is 4.77. The molecular formula is C32H64O3. The lowest BCUT2D eigenvalue weighted by atomic mass is 10.0. The van der Waals surface area contributed by atoms with Crippen LogP contribution in [0.1, 0.15) is 187 Å². The Balaban J connectivity index is 3.08. The van der Waals surface area contributed by atoms with Crippen molar-refractivity contribution in [2.24, 2.45) is 0 Å². The largest absolute Gasteiger partial charge is 0.508 e. The van der Waals surface area contributed by atoms with Gasteiger partial charge in [-0.25, -0.2) is 4.79 Å². The monoisotopic (exact) mass is 496 g/mol. The maximum Gasteiger partial charge on any atom is 0.508 e. The first-order valence-corrected chi connectivity index (χ1v) is 16.1. The zero-order valence-electron chi connectivity index (χ0n) is 24.2. The third-order valence-corrected chi connectivity index (χ3v) is 7.19. The summed E-state index contributed by atoms with van der Waals surface area (Å²) in [6.07, 6.45) is 36.0. The molecule has 0 unspecified atom stereocenters. The van der Waals surface area contributed by atoms with Crippen LogP contribution < -0.4 is 0 Å². The second-order valence-corrected chi connectivity index (χ2v) is 10.8. The minimum atomic E-state index is -0.486. The molecule has 0 fully saturated rings. The number of carbonyl (C=O) groups excluding carboxylic acids is 1. The van der Waals surface area contributed by atoms with E-state index >= 15 is 0 Å².